The number of rotatable bonds is 0. The van der Waals surface area contributed by atoms with Crippen LogP contribution in [0.25, 0.3) is 5.32 Å². The van der Waals surface area contributed by atoms with Crippen LogP contribution in [0.2, 0.25) is 0 Å². The van der Waals surface area contributed by atoms with Crippen molar-refractivity contribution in [3.63, 3.8) is 0 Å². The first-order valence-electron chi connectivity index (χ1n) is 5.42. The van der Waals surface area contributed by atoms with Gasteiger partial charge in [-0.2, -0.15) is 63.3 Å². The average Bonchev–Trinajstić information content (AvgIpc) is 2.33. The van der Waals surface area contributed by atoms with Crippen LogP contribution in [0.3, 0.4) is 0 Å². The molecule has 2 aromatic carbocycles. The van der Waals surface area contributed by atoms with Crippen molar-refractivity contribution in [2.45, 2.75) is 0 Å². The third-order valence-corrected chi connectivity index (χ3v) is 1.69. The number of nitrogens with zero attached hydrogens (tertiary/aromatic N) is 1. The van der Waals surface area contributed by atoms with Gasteiger partial charge in [-0.15, -0.1) is 24.3 Å². The molecule has 1 radical (unpaired) electrons. The van der Waals surface area contributed by atoms with E-state index >= 15 is 0 Å². The molecule has 2 aromatic rings. The Kier molecular flexibility index (Phi) is 15.2. The van der Waals surface area contributed by atoms with E-state index in [2.05, 4.69) is 19.2 Å². The molecule has 93 valence electrons. The van der Waals surface area contributed by atoms with Crippen molar-refractivity contribution in [3.8, 4) is 0 Å². The molecule has 0 spiro atoms. The molecule has 1 nitrogen and oxygen atoms in total. The second-order valence-corrected chi connectivity index (χ2v) is 3.42. The summed E-state index contributed by atoms with van der Waals surface area (Å²) in [5.41, 5.74) is 2.14. The van der Waals surface area contributed by atoms with Gasteiger partial charge in [0.1, 0.15) is 0 Å². The maximum absolute atomic E-state index is 3.72. The van der Waals surface area contributed by atoms with Crippen LogP contribution in [-0.4, -0.2) is 14.1 Å². The van der Waals surface area contributed by atoms with E-state index in [9.17, 15) is 0 Å². The van der Waals surface area contributed by atoms with E-state index in [1.54, 1.807) is 14.1 Å². The van der Waals surface area contributed by atoms with Crippen LogP contribution in [0.4, 0.5) is 0 Å². The fourth-order valence-corrected chi connectivity index (χ4v) is 0.956. The Bertz CT molecular complexity index is 322. The SMILES string of the molecule is C[N-]C.[CH2-]c1ccccc1.[CH2-]c1ccccc1.[Zr+3]. The molecule has 0 unspecified atom stereocenters. The zero-order chi connectivity index (χ0) is 12.9. The van der Waals surface area contributed by atoms with Crippen LogP contribution < -0.4 is 0 Å². The van der Waals surface area contributed by atoms with Gasteiger partial charge in [-0.25, -0.2) is 0 Å². The van der Waals surface area contributed by atoms with Gasteiger partial charge >= 0.3 is 26.2 Å². The molecule has 0 N–H and O–H groups in total. The van der Waals surface area contributed by atoms with Gasteiger partial charge in [-0.1, -0.05) is 12.1 Å². The summed E-state index contributed by atoms with van der Waals surface area (Å²) in [6.07, 6.45) is 0. The number of benzene rings is 2. The van der Waals surface area contributed by atoms with Crippen LogP contribution in [0.1, 0.15) is 11.1 Å². The fraction of sp³-hybridized carbons (Fsp3) is 0.125. The second kappa shape index (κ2) is 14.1. The Morgan fingerprint density at radius 3 is 1.00 bits per heavy atom. The predicted octanol–water partition coefficient (Wildman–Crippen LogP) is 4.35. The first-order chi connectivity index (χ1) is 8.20. The smallest absolute Gasteiger partial charge is 0.668 e. The van der Waals surface area contributed by atoms with Gasteiger partial charge in [-0.3, -0.25) is 0 Å². The van der Waals surface area contributed by atoms with E-state index in [1.807, 2.05) is 60.7 Å². The molecule has 0 saturated heterocycles. The van der Waals surface area contributed by atoms with Gasteiger partial charge in [0.15, 0.2) is 0 Å². The Morgan fingerprint density at radius 1 is 0.667 bits per heavy atom. The van der Waals surface area contributed by atoms with Crippen molar-refractivity contribution < 1.29 is 26.2 Å². The molecule has 18 heavy (non-hydrogen) atoms. The van der Waals surface area contributed by atoms with E-state index in [-0.39, 0.29) is 26.2 Å². The molecular weight excluding hydrogens is 297 g/mol. The van der Waals surface area contributed by atoms with Crippen LogP contribution in [0.5, 0.6) is 0 Å². The molecule has 0 aromatic heterocycles. The summed E-state index contributed by atoms with van der Waals surface area (Å²) in [7, 11) is 3.50. The molecule has 0 atom stereocenters. The molecule has 2 rings (SSSR count). The third kappa shape index (κ3) is 13.1. The maximum Gasteiger partial charge on any atom is 3.00 e. The van der Waals surface area contributed by atoms with Crippen LogP contribution in [0, 0.1) is 13.8 Å². The quantitative estimate of drug-likeness (QED) is 0.641. The van der Waals surface area contributed by atoms with Crippen molar-refractivity contribution in [1.82, 2.24) is 0 Å². The summed E-state index contributed by atoms with van der Waals surface area (Å²) < 4.78 is 0. The van der Waals surface area contributed by atoms with Gasteiger partial charge in [0.05, 0.1) is 0 Å². The first kappa shape index (κ1) is 19.4. The monoisotopic (exact) mass is 316 g/mol. The van der Waals surface area contributed by atoms with Crippen molar-refractivity contribution in [3.05, 3.63) is 91.0 Å². The molecule has 0 bridgehead atoms. The summed E-state index contributed by atoms with van der Waals surface area (Å²) in [5, 5.41) is 3.50. The van der Waals surface area contributed by atoms with E-state index in [0.717, 1.165) is 11.1 Å². The van der Waals surface area contributed by atoms with Gasteiger partial charge in [0.25, 0.3) is 0 Å². The zero-order valence-electron chi connectivity index (χ0n) is 11.1. The van der Waals surface area contributed by atoms with E-state index in [4.69, 9.17) is 0 Å². The molecule has 0 amide bonds. The Balaban J connectivity index is 0. The average molecular weight is 318 g/mol. The minimum Gasteiger partial charge on any atom is -0.668 e. The van der Waals surface area contributed by atoms with Crippen molar-refractivity contribution >= 4 is 0 Å². The van der Waals surface area contributed by atoms with Gasteiger partial charge in [0.2, 0.25) is 0 Å². The summed E-state index contributed by atoms with van der Waals surface area (Å²) in [4.78, 5) is 0. The molecule has 0 aliphatic carbocycles. The molecule has 0 aliphatic rings. The Hall–Kier alpha value is -0.977. The third-order valence-electron chi connectivity index (χ3n) is 1.69. The molecule has 0 saturated carbocycles. The Labute approximate surface area is 131 Å². The second-order valence-electron chi connectivity index (χ2n) is 3.42. The first-order valence-corrected chi connectivity index (χ1v) is 5.42. The molecule has 0 aliphatic heterocycles. The van der Waals surface area contributed by atoms with Crippen molar-refractivity contribution in [2.24, 2.45) is 0 Å². The van der Waals surface area contributed by atoms with Crippen LogP contribution >= 0.6 is 0 Å². The predicted molar refractivity (Wildman–Crippen MR) is 77.0 cm³/mol. The maximum atomic E-state index is 3.72. The van der Waals surface area contributed by atoms with E-state index in [0.29, 0.717) is 0 Å². The van der Waals surface area contributed by atoms with Crippen molar-refractivity contribution in [1.29, 1.82) is 0 Å². The molecule has 0 fully saturated rings. The van der Waals surface area contributed by atoms with Gasteiger partial charge < -0.3 is 5.32 Å². The fourth-order valence-electron chi connectivity index (χ4n) is 0.956. The molecule has 2 heteroatoms. The normalized spacial score (nSPS) is 7.67. The summed E-state index contributed by atoms with van der Waals surface area (Å²) >= 11 is 0. The molecular formula is C16H20NZr. The summed E-state index contributed by atoms with van der Waals surface area (Å²) in [6.45, 7) is 7.44. The largest absolute Gasteiger partial charge is 3.00 e. The Morgan fingerprint density at radius 2 is 0.889 bits per heavy atom. The minimum absolute atomic E-state index is 0. The van der Waals surface area contributed by atoms with Crippen molar-refractivity contribution in [2.75, 3.05) is 14.1 Å². The minimum atomic E-state index is 0. The zero-order valence-corrected chi connectivity index (χ0v) is 13.6. The van der Waals surface area contributed by atoms with Gasteiger partial charge in [0, 0.05) is 0 Å². The van der Waals surface area contributed by atoms with Crippen LogP contribution in [-0.2, 0) is 26.2 Å². The van der Waals surface area contributed by atoms with E-state index < -0.39 is 0 Å². The van der Waals surface area contributed by atoms with Gasteiger partial charge in [-0.05, 0) is 0 Å². The van der Waals surface area contributed by atoms with Crippen LogP contribution in [0.15, 0.2) is 60.7 Å². The standard InChI is InChI=1S/2C7H7.C2H6N.Zr/c2*1-7-5-3-2-4-6-7;1-3-2;/h2*2-6H,1H2;1-2H3;/q3*-1;+3. The molecule has 0 heterocycles. The van der Waals surface area contributed by atoms with E-state index in [1.165, 1.54) is 0 Å². The topological polar surface area (TPSA) is 14.1 Å². The number of hydrogen-bond donors (Lipinski definition) is 0. The number of hydrogen-bond acceptors (Lipinski definition) is 0. The summed E-state index contributed by atoms with van der Waals surface area (Å²) in [5.74, 6) is 0. The summed E-state index contributed by atoms with van der Waals surface area (Å²) in [6, 6.07) is 19.7.